The third-order valence-corrected chi connectivity index (χ3v) is 7.53. The van der Waals surface area contributed by atoms with Crippen LogP contribution < -0.4 is 10.2 Å². The second kappa shape index (κ2) is 9.55. The normalized spacial score (nSPS) is 14.4. The summed E-state index contributed by atoms with van der Waals surface area (Å²) in [6.45, 7) is 4.04. The molecule has 2 aromatic carbocycles. The molecular weight excluding hydrogens is 442 g/mol. The molecule has 1 fully saturated rings. The number of hydrogen-bond donors (Lipinski definition) is 1. The van der Waals surface area contributed by atoms with Crippen LogP contribution in [-0.4, -0.2) is 29.4 Å². The van der Waals surface area contributed by atoms with Gasteiger partial charge in [-0.1, -0.05) is 43.5 Å². The van der Waals surface area contributed by atoms with E-state index in [1.165, 1.54) is 17.8 Å². The number of amides is 2. The molecule has 0 atom stereocenters. The Morgan fingerprint density at radius 1 is 0.971 bits per heavy atom. The number of aromatic nitrogens is 1. The van der Waals surface area contributed by atoms with Gasteiger partial charge in [0, 0.05) is 22.5 Å². The van der Waals surface area contributed by atoms with E-state index < -0.39 is 0 Å². The number of nitrogens with one attached hydrogen (secondary N) is 1. The van der Waals surface area contributed by atoms with Crippen molar-refractivity contribution in [2.45, 2.75) is 52.0 Å². The summed E-state index contributed by atoms with van der Waals surface area (Å²) < 4.78 is 0. The van der Waals surface area contributed by atoms with Crippen molar-refractivity contribution >= 4 is 50.0 Å². The summed E-state index contributed by atoms with van der Waals surface area (Å²) >= 11 is 1.38. The van der Waals surface area contributed by atoms with Gasteiger partial charge < -0.3 is 5.32 Å². The number of carbonyl (C=O) groups excluding carboxylic acids is 2. The molecule has 5 rings (SSSR count). The summed E-state index contributed by atoms with van der Waals surface area (Å²) in [7, 11) is 0. The van der Waals surface area contributed by atoms with Crippen molar-refractivity contribution in [2.75, 3.05) is 11.4 Å². The Labute approximate surface area is 203 Å². The molecular formula is C28H29N3O2S. The van der Waals surface area contributed by atoms with Crippen LogP contribution >= 0.6 is 11.3 Å². The van der Waals surface area contributed by atoms with Crippen LogP contribution in [0.3, 0.4) is 0 Å². The number of nitrogens with zero attached hydrogens (tertiary/aromatic N) is 2. The van der Waals surface area contributed by atoms with E-state index in [2.05, 4.69) is 29.6 Å². The molecule has 0 spiro atoms. The van der Waals surface area contributed by atoms with Gasteiger partial charge in [-0.3, -0.25) is 14.5 Å². The van der Waals surface area contributed by atoms with E-state index >= 15 is 0 Å². The third kappa shape index (κ3) is 4.82. The van der Waals surface area contributed by atoms with E-state index in [9.17, 15) is 9.59 Å². The lowest BCUT2D eigenvalue weighted by atomic mass is 9.95. The van der Waals surface area contributed by atoms with Gasteiger partial charge in [-0.25, -0.2) is 4.98 Å². The highest BCUT2D eigenvalue weighted by Gasteiger charge is 2.25. The molecule has 0 radical (unpaired) electrons. The number of anilines is 1. The first-order chi connectivity index (χ1) is 16.5. The number of benzene rings is 2. The topological polar surface area (TPSA) is 62.3 Å². The summed E-state index contributed by atoms with van der Waals surface area (Å²) in [4.78, 5) is 34.5. The fourth-order valence-electron chi connectivity index (χ4n) is 4.71. The summed E-state index contributed by atoms with van der Waals surface area (Å²) in [5.41, 5.74) is 3.86. The number of thiophene rings is 1. The molecule has 2 amide bonds. The highest BCUT2D eigenvalue weighted by atomic mass is 32.1. The van der Waals surface area contributed by atoms with Crippen LogP contribution in [0.1, 0.15) is 52.9 Å². The molecule has 5 nitrogen and oxygen atoms in total. The number of fused-ring (bicyclic) bond motifs is 2. The molecule has 1 aliphatic carbocycles. The molecule has 0 unspecified atom stereocenters. The van der Waals surface area contributed by atoms with E-state index in [1.807, 2.05) is 44.2 Å². The SMILES string of the molecule is Cc1cccc(N(CC(=O)NC2CCCCC2)C(=O)c2cc3cc4ccc(C)cc4nc3s2)c1. The first-order valence-corrected chi connectivity index (χ1v) is 12.8. The standard InChI is InChI=1S/C28H29N3O2S/c1-18-7-6-10-23(13-18)31(17-26(32)29-22-8-4-3-5-9-22)28(33)25-16-21-15-20-12-11-19(2)14-24(20)30-27(21)34-25/h6-7,10-16,22H,3-5,8-9,17H2,1-2H3,(H,29,32). The third-order valence-electron chi connectivity index (χ3n) is 6.50. The van der Waals surface area contributed by atoms with Gasteiger partial charge in [0.1, 0.15) is 11.4 Å². The monoisotopic (exact) mass is 471 g/mol. The zero-order valence-corrected chi connectivity index (χ0v) is 20.5. The number of hydrogen-bond acceptors (Lipinski definition) is 4. The second-order valence-corrected chi connectivity index (χ2v) is 10.4. The van der Waals surface area contributed by atoms with Crippen LogP contribution in [0.15, 0.2) is 54.6 Å². The van der Waals surface area contributed by atoms with E-state index in [4.69, 9.17) is 4.98 Å². The largest absolute Gasteiger partial charge is 0.352 e. The van der Waals surface area contributed by atoms with Crippen LogP contribution in [0, 0.1) is 13.8 Å². The molecule has 2 aromatic heterocycles. The van der Waals surface area contributed by atoms with Crippen LogP contribution in [0.4, 0.5) is 5.69 Å². The van der Waals surface area contributed by atoms with Crippen molar-refractivity contribution < 1.29 is 9.59 Å². The van der Waals surface area contributed by atoms with E-state index in [0.29, 0.717) is 4.88 Å². The zero-order valence-electron chi connectivity index (χ0n) is 19.6. The number of pyridine rings is 1. The Balaban J connectivity index is 1.46. The molecule has 34 heavy (non-hydrogen) atoms. The van der Waals surface area contributed by atoms with Crippen molar-refractivity contribution in [3.8, 4) is 0 Å². The Kier molecular flexibility index (Phi) is 6.33. The van der Waals surface area contributed by atoms with Crippen molar-refractivity contribution in [2.24, 2.45) is 0 Å². The molecule has 4 aromatic rings. The maximum absolute atomic E-state index is 13.7. The molecule has 174 valence electrons. The first kappa shape index (κ1) is 22.5. The lowest BCUT2D eigenvalue weighted by molar-refractivity contribution is -0.120. The smallest absolute Gasteiger partial charge is 0.268 e. The molecule has 1 saturated carbocycles. The Hall–Kier alpha value is -3.25. The summed E-state index contributed by atoms with van der Waals surface area (Å²) in [5, 5.41) is 5.15. The lowest BCUT2D eigenvalue weighted by Crippen LogP contribution is -2.44. The Morgan fingerprint density at radius 2 is 1.76 bits per heavy atom. The average Bonchev–Trinajstić information content (AvgIpc) is 3.24. The van der Waals surface area contributed by atoms with E-state index in [1.54, 1.807) is 4.90 Å². The van der Waals surface area contributed by atoms with Gasteiger partial charge in [-0.15, -0.1) is 11.3 Å². The maximum atomic E-state index is 13.7. The molecule has 1 N–H and O–H groups in total. The van der Waals surface area contributed by atoms with Gasteiger partial charge in [0.2, 0.25) is 5.91 Å². The minimum absolute atomic E-state index is 0.00162. The predicted molar refractivity (Wildman–Crippen MR) is 140 cm³/mol. The van der Waals surface area contributed by atoms with Gasteiger partial charge in [0.25, 0.3) is 5.91 Å². The van der Waals surface area contributed by atoms with Crippen molar-refractivity contribution in [3.05, 3.63) is 70.6 Å². The zero-order chi connectivity index (χ0) is 23.7. The van der Waals surface area contributed by atoms with Crippen LogP contribution in [0.5, 0.6) is 0 Å². The summed E-state index contributed by atoms with van der Waals surface area (Å²) in [6, 6.07) is 18.1. The Bertz CT molecular complexity index is 1370. The lowest BCUT2D eigenvalue weighted by Gasteiger charge is -2.26. The molecule has 6 heteroatoms. The van der Waals surface area contributed by atoms with Gasteiger partial charge in [0.15, 0.2) is 0 Å². The highest BCUT2D eigenvalue weighted by molar-refractivity contribution is 7.20. The van der Waals surface area contributed by atoms with Gasteiger partial charge in [0.05, 0.1) is 10.4 Å². The fraction of sp³-hybridized carbons (Fsp3) is 0.321. The summed E-state index contributed by atoms with van der Waals surface area (Å²) in [5.74, 6) is -0.283. The Morgan fingerprint density at radius 3 is 2.56 bits per heavy atom. The molecule has 0 bridgehead atoms. The van der Waals surface area contributed by atoms with Gasteiger partial charge >= 0.3 is 0 Å². The van der Waals surface area contributed by atoms with Crippen molar-refractivity contribution in [1.82, 2.24) is 10.3 Å². The number of rotatable bonds is 5. The molecule has 2 heterocycles. The van der Waals surface area contributed by atoms with E-state index in [0.717, 1.165) is 63.6 Å². The minimum Gasteiger partial charge on any atom is -0.352 e. The van der Waals surface area contributed by atoms with E-state index in [-0.39, 0.29) is 24.4 Å². The van der Waals surface area contributed by atoms with Crippen LogP contribution in [-0.2, 0) is 4.79 Å². The van der Waals surface area contributed by atoms with Crippen molar-refractivity contribution in [3.63, 3.8) is 0 Å². The number of aryl methyl sites for hydroxylation is 2. The maximum Gasteiger partial charge on any atom is 0.268 e. The second-order valence-electron chi connectivity index (χ2n) is 9.32. The quantitative estimate of drug-likeness (QED) is 0.379. The molecule has 1 aliphatic rings. The molecule has 0 aliphatic heterocycles. The predicted octanol–water partition coefficient (Wildman–Crippen LogP) is 6.16. The van der Waals surface area contributed by atoms with Gasteiger partial charge in [-0.2, -0.15) is 0 Å². The number of carbonyl (C=O) groups is 2. The van der Waals surface area contributed by atoms with Gasteiger partial charge in [-0.05, 0) is 68.1 Å². The van der Waals surface area contributed by atoms with Crippen LogP contribution in [0.25, 0.3) is 21.1 Å². The summed E-state index contributed by atoms with van der Waals surface area (Å²) in [6.07, 6.45) is 5.55. The van der Waals surface area contributed by atoms with Crippen LogP contribution in [0.2, 0.25) is 0 Å². The van der Waals surface area contributed by atoms with Crippen molar-refractivity contribution in [1.29, 1.82) is 0 Å². The minimum atomic E-state index is -0.173. The first-order valence-electron chi connectivity index (χ1n) is 11.9. The average molecular weight is 472 g/mol. The fourth-order valence-corrected chi connectivity index (χ4v) is 5.69. The molecule has 0 saturated heterocycles. The highest BCUT2D eigenvalue weighted by Crippen LogP contribution is 2.30.